The van der Waals surface area contributed by atoms with Crippen molar-refractivity contribution in [2.24, 2.45) is 0 Å². The van der Waals surface area contributed by atoms with Crippen LogP contribution in [0.4, 0.5) is 0 Å². The van der Waals surface area contributed by atoms with Gasteiger partial charge in [0.15, 0.2) is 13.1 Å². The fourth-order valence-corrected chi connectivity index (χ4v) is 0.440. The third-order valence-electron chi connectivity index (χ3n) is 0.775. The van der Waals surface area contributed by atoms with Crippen LogP contribution in [0, 0.1) is 0 Å². The van der Waals surface area contributed by atoms with E-state index in [9.17, 15) is 0 Å². The molecular formula is C7H12ClN. The van der Waals surface area contributed by atoms with Gasteiger partial charge < -0.3 is 12.4 Å². The first kappa shape index (κ1) is 11.3. The third-order valence-corrected chi connectivity index (χ3v) is 0.775. The van der Waals surface area contributed by atoms with Gasteiger partial charge in [-0.15, -0.1) is 0 Å². The Kier molecular flexibility index (Phi) is 9.31. The minimum Gasteiger partial charge on any atom is -1.00 e. The van der Waals surface area contributed by atoms with E-state index < -0.39 is 0 Å². The van der Waals surface area contributed by atoms with Gasteiger partial charge in [-0.2, -0.15) is 0 Å². The van der Waals surface area contributed by atoms with E-state index in [1.165, 1.54) is 0 Å². The van der Waals surface area contributed by atoms with Gasteiger partial charge in [-0.1, -0.05) is 13.2 Å². The zero-order valence-electron chi connectivity index (χ0n) is 5.52. The van der Waals surface area contributed by atoms with Gasteiger partial charge in [0.2, 0.25) is 0 Å². The van der Waals surface area contributed by atoms with Gasteiger partial charge in [0.1, 0.15) is 6.72 Å². The van der Waals surface area contributed by atoms with Gasteiger partial charge in [-0.05, 0) is 12.2 Å². The lowest BCUT2D eigenvalue weighted by Crippen LogP contribution is -3.00. The van der Waals surface area contributed by atoms with Crippen LogP contribution >= 0.6 is 0 Å². The molecule has 2 heteroatoms. The van der Waals surface area contributed by atoms with Gasteiger partial charge in [-0.25, -0.2) is 4.58 Å². The summed E-state index contributed by atoms with van der Waals surface area (Å²) in [6.07, 6.45) is 3.63. The quantitative estimate of drug-likeness (QED) is 0.247. The van der Waals surface area contributed by atoms with Gasteiger partial charge in [0.05, 0.1) is 0 Å². The molecule has 0 heterocycles. The third kappa shape index (κ3) is 7.44. The average molecular weight is 146 g/mol. The van der Waals surface area contributed by atoms with Crippen molar-refractivity contribution in [1.82, 2.24) is 0 Å². The number of rotatable bonds is 4. The van der Waals surface area contributed by atoms with Crippen LogP contribution in [0.5, 0.6) is 0 Å². The maximum Gasteiger partial charge on any atom is 0.160 e. The average Bonchev–Trinajstić information content (AvgIpc) is 1.68. The fraction of sp³-hybridized carbons (Fsp3) is 0.286. The second-order valence-electron chi connectivity index (χ2n) is 1.61. The standard InChI is InChI=1S/C7H12N.ClH/c1-4-6-8(3)7-5-2;/h4-5H,1-3,6-7H2;1H/q+1;/p-1. The first-order valence-electron chi connectivity index (χ1n) is 2.58. The normalized spacial score (nSPS) is 7.11. The van der Waals surface area contributed by atoms with E-state index in [-0.39, 0.29) is 12.4 Å². The van der Waals surface area contributed by atoms with Crippen molar-refractivity contribution in [2.45, 2.75) is 0 Å². The highest BCUT2D eigenvalue weighted by Gasteiger charge is 1.87. The van der Waals surface area contributed by atoms with Gasteiger partial charge in [0, 0.05) is 0 Å². The lowest BCUT2D eigenvalue weighted by molar-refractivity contribution is -0.498. The Morgan fingerprint density at radius 3 is 1.67 bits per heavy atom. The molecule has 0 atom stereocenters. The zero-order valence-corrected chi connectivity index (χ0v) is 6.27. The number of hydrogen-bond donors (Lipinski definition) is 0. The Hall–Kier alpha value is -0.560. The molecule has 1 nitrogen and oxygen atoms in total. The first-order valence-corrected chi connectivity index (χ1v) is 2.58. The van der Waals surface area contributed by atoms with Crippen molar-refractivity contribution in [3.05, 3.63) is 25.3 Å². The van der Waals surface area contributed by atoms with E-state index in [4.69, 9.17) is 0 Å². The van der Waals surface area contributed by atoms with E-state index in [1.54, 1.807) is 0 Å². The van der Waals surface area contributed by atoms with Crippen LogP contribution in [0.25, 0.3) is 0 Å². The Morgan fingerprint density at radius 2 is 1.44 bits per heavy atom. The summed E-state index contributed by atoms with van der Waals surface area (Å²) in [5.74, 6) is 0. The molecule has 0 fully saturated rings. The molecule has 0 spiro atoms. The summed E-state index contributed by atoms with van der Waals surface area (Å²) in [7, 11) is 0. The SMILES string of the molecule is C=CC[N+](=C)CC=C.[Cl-]. The molecule has 0 aliphatic heterocycles. The number of halogens is 1. The molecule has 0 N–H and O–H groups in total. The highest BCUT2D eigenvalue weighted by molar-refractivity contribution is 5.14. The molecule has 0 aromatic rings. The molecular weight excluding hydrogens is 134 g/mol. The molecule has 0 bridgehead atoms. The van der Waals surface area contributed by atoms with E-state index in [0.29, 0.717) is 0 Å². The molecule has 9 heavy (non-hydrogen) atoms. The Balaban J connectivity index is 0. The van der Waals surface area contributed by atoms with Crippen molar-refractivity contribution in [3.8, 4) is 0 Å². The topological polar surface area (TPSA) is 3.01 Å². The number of nitrogens with zero attached hydrogens (tertiary/aromatic N) is 1. The summed E-state index contributed by atoms with van der Waals surface area (Å²) < 4.78 is 1.88. The lowest BCUT2D eigenvalue weighted by Gasteiger charge is -1.89. The van der Waals surface area contributed by atoms with Crippen LogP contribution in [0.15, 0.2) is 25.3 Å². The fourth-order valence-electron chi connectivity index (χ4n) is 0.440. The van der Waals surface area contributed by atoms with Crippen LogP contribution in [0.3, 0.4) is 0 Å². The van der Waals surface area contributed by atoms with Crippen LogP contribution in [-0.4, -0.2) is 24.4 Å². The van der Waals surface area contributed by atoms with E-state index in [0.717, 1.165) is 13.1 Å². The minimum absolute atomic E-state index is 0. The molecule has 0 saturated carbocycles. The Morgan fingerprint density at radius 1 is 1.11 bits per heavy atom. The van der Waals surface area contributed by atoms with Crippen LogP contribution < -0.4 is 12.4 Å². The zero-order chi connectivity index (χ0) is 6.41. The smallest absolute Gasteiger partial charge is 0.160 e. The molecule has 0 radical (unpaired) electrons. The van der Waals surface area contributed by atoms with Gasteiger partial charge >= 0.3 is 0 Å². The predicted octanol–water partition coefficient (Wildman–Crippen LogP) is -1.92. The van der Waals surface area contributed by atoms with Crippen LogP contribution in [0.2, 0.25) is 0 Å². The highest BCUT2D eigenvalue weighted by atomic mass is 35.5. The first-order chi connectivity index (χ1) is 3.81. The second kappa shape index (κ2) is 7.44. The Labute approximate surface area is 62.8 Å². The van der Waals surface area contributed by atoms with Gasteiger partial charge in [-0.3, -0.25) is 0 Å². The van der Waals surface area contributed by atoms with Gasteiger partial charge in [0.25, 0.3) is 0 Å². The lowest BCUT2D eigenvalue weighted by atomic mass is 10.5. The van der Waals surface area contributed by atoms with E-state index in [2.05, 4.69) is 19.9 Å². The number of hydrogen-bond acceptors (Lipinski definition) is 0. The molecule has 0 saturated heterocycles. The van der Waals surface area contributed by atoms with Crippen LogP contribution in [0.1, 0.15) is 0 Å². The molecule has 0 unspecified atom stereocenters. The molecule has 0 aromatic carbocycles. The highest BCUT2D eigenvalue weighted by Crippen LogP contribution is 1.72. The van der Waals surface area contributed by atoms with E-state index >= 15 is 0 Å². The monoisotopic (exact) mass is 145 g/mol. The molecule has 0 aromatic heterocycles. The molecule has 0 rings (SSSR count). The van der Waals surface area contributed by atoms with Crippen molar-refractivity contribution < 1.29 is 17.0 Å². The largest absolute Gasteiger partial charge is 1.00 e. The van der Waals surface area contributed by atoms with Crippen LogP contribution in [-0.2, 0) is 0 Å². The van der Waals surface area contributed by atoms with Crippen molar-refractivity contribution in [2.75, 3.05) is 13.1 Å². The maximum absolute atomic E-state index is 3.71. The Bertz CT molecular complexity index is 95.5. The summed E-state index contributed by atoms with van der Waals surface area (Å²) >= 11 is 0. The minimum atomic E-state index is 0. The summed E-state index contributed by atoms with van der Waals surface area (Å²) in [6, 6.07) is 0. The summed E-state index contributed by atoms with van der Waals surface area (Å²) in [6.45, 7) is 12.5. The molecule has 0 amide bonds. The summed E-state index contributed by atoms with van der Waals surface area (Å²) in [4.78, 5) is 0. The predicted molar refractivity (Wildman–Crippen MR) is 37.5 cm³/mol. The molecule has 0 aliphatic carbocycles. The van der Waals surface area contributed by atoms with Crippen molar-refractivity contribution in [3.63, 3.8) is 0 Å². The van der Waals surface area contributed by atoms with Crippen molar-refractivity contribution >= 4 is 6.72 Å². The molecule has 52 valence electrons. The maximum atomic E-state index is 3.71. The second-order valence-corrected chi connectivity index (χ2v) is 1.61. The summed E-state index contributed by atoms with van der Waals surface area (Å²) in [5, 5.41) is 0. The van der Waals surface area contributed by atoms with E-state index in [1.807, 2.05) is 16.7 Å². The molecule has 0 aliphatic rings. The summed E-state index contributed by atoms with van der Waals surface area (Å²) in [5.41, 5.74) is 0. The van der Waals surface area contributed by atoms with Crippen molar-refractivity contribution in [1.29, 1.82) is 0 Å².